The van der Waals surface area contributed by atoms with Crippen molar-refractivity contribution in [2.24, 2.45) is 0 Å². The third kappa shape index (κ3) is 3.09. The first-order chi connectivity index (χ1) is 13.0. The number of benzene rings is 2. The minimum Gasteiger partial charge on any atom is -0.470 e. The zero-order valence-electron chi connectivity index (χ0n) is 14.4. The Labute approximate surface area is 155 Å². The number of fused-ring (bicyclic) bond motifs is 1. The summed E-state index contributed by atoms with van der Waals surface area (Å²) in [7, 11) is 0. The number of hydrogen-bond acceptors (Lipinski definition) is 6. The van der Waals surface area contributed by atoms with Crippen molar-refractivity contribution in [3.05, 3.63) is 66.2 Å². The van der Waals surface area contributed by atoms with Gasteiger partial charge in [-0.25, -0.2) is 0 Å². The minimum absolute atomic E-state index is 0.299. The fourth-order valence-corrected chi connectivity index (χ4v) is 3.44. The molecule has 1 fully saturated rings. The van der Waals surface area contributed by atoms with Gasteiger partial charge in [-0.2, -0.15) is 0 Å². The highest BCUT2D eigenvalue weighted by Crippen LogP contribution is 2.38. The van der Waals surface area contributed by atoms with E-state index in [2.05, 4.69) is 4.98 Å². The van der Waals surface area contributed by atoms with E-state index in [9.17, 15) is 20.4 Å². The van der Waals surface area contributed by atoms with Crippen LogP contribution in [0.1, 0.15) is 5.56 Å². The molecule has 27 heavy (non-hydrogen) atoms. The van der Waals surface area contributed by atoms with Gasteiger partial charge in [0.25, 0.3) is 0 Å². The smallest absolute Gasteiger partial charge is 0.223 e. The average Bonchev–Trinajstić information content (AvgIpc) is 3.11. The van der Waals surface area contributed by atoms with Crippen molar-refractivity contribution in [2.45, 2.75) is 30.2 Å². The molecule has 4 rings (SSSR count). The molecule has 5 N–H and O–H groups in total. The van der Waals surface area contributed by atoms with E-state index < -0.39 is 36.8 Å². The number of ether oxygens (including phenoxy) is 2. The van der Waals surface area contributed by atoms with Gasteiger partial charge in [-0.3, -0.25) is 0 Å². The minimum atomic E-state index is -2.13. The summed E-state index contributed by atoms with van der Waals surface area (Å²) in [5, 5.41) is 42.8. The van der Waals surface area contributed by atoms with E-state index in [1.165, 1.54) is 0 Å². The molecule has 0 bridgehead atoms. The zero-order valence-corrected chi connectivity index (χ0v) is 14.4. The quantitative estimate of drug-likeness (QED) is 0.465. The fourth-order valence-electron chi connectivity index (χ4n) is 3.44. The second kappa shape index (κ2) is 6.95. The first kappa shape index (κ1) is 18.0. The molecular weight excluding hydrogens is 350 g/mol. The molecule has 1 aliphatic heterocycles. The SMILES string of the molecule is OC[C@H]1O[C@](O)(c2ccccc2)[C@H](O)[C@@H](Oc2cc3ccccc3[nH]2)[C@H]1O. The number of para-hydroxylation sites is 1. The highest BCUT2D eigenvalue weighted by Gasteiger charge is 2.55. The number of H-pyrrole nitrogens is 1. The Bertz CT molecular complexity index is 880. The van der Waals surface area contributed by atoms with E-state index in [1.807, 2.05) is 24.3 Å². The molecule has 1 aliphatic rings. The van der Waals surface area contributed by atoms with Crippen molar-refractivity contribution in [3.8, 4) is 5.88 Å². The summed E-state index contributed by atoms with van der Waals surface area (Å²) in [4.78, 5) is 3.05. The van der Waals surface area contributed by atoms with Gasteiger partial charge < -0.3 is 34.9 Å². The predicted octanol–water partition coefficient (Wildman–Crippen LogP) is 0.874. The molecule has 1 saturated heterocycles. The largest absolute Gasteiger partial charge is 0.470 e. The molecule has 2 aromatic carbocycles. The molecule has 0 saturated carbocycles. The first-order valence-electron chi connectivity index (χ1n) is 8.70. The van der Waals surface area contributed by atoms with Crippen LogP contribution in [0.4, 0.5) is 0 Å². The molecule has 2 heterocycles. The molecule has 1 aromatic heterocycles. The highest BCUT2D eigenvalue weighted by molar-refractivity contribution is 5.81. The van der Waals surface area contributed by atoms with Gasteiger partial charge >= 0.3 is 0 Å². The monoisotopic (exact) mass is 371 g/mol. The topological polar surface area (TPSA) is 115 Å². The van der Waals surface area contributed by atoms with E-state index in [-0.39, 0.29) is 0 Å². The van der Waals surface area contributed by atoms with Crippen molar-refractivity contribution >= 4 is 10.9 Å². The van der Waals surface area contributed by atoms with Crippen LogP contribution in [0.2, 0.25) is 0 Å². The Morgan fingerprint density at radius 1 is 1.04 bits per heavy atom. The Morgan fingerprint density at radius 3 is 2.44 bits per heavy atom. The van der Waals surface area contributed by atoms with Crippen LogP contribution in [0, 0.1) is 0 Å². The number of aromatic nitrogens is 1. The molecule has 5 atom stereocenters. The first-order valence-corrected chi connectivity index (χ1v) is 8.70. The van der Waals surface area contributed by atoms with E-state index >= 15 is 0 Å². The fraction of sp³-hybridized carbons (Fsp3) is 0.300. The molecule has 0 spiro atoms. The lowest BCUT2D eigenvalue weighted by Crippen LogP contribution is -2.65. The molecule has 0 aliphatic carbocycles. The van der Waals surface area contributed by atoms with Crippen LogP contribution >= 0.6 is 0 Å². The number of aliphatic hydroxyl groups is 4. The number of hydrogen-bond donors (Lipinski definition) is 5. The molecule has 7 nitrogen and oxygen atoms in total. The van der Waals surface area contributed by atoms with E-state index in [1.54, 1.807) is 36.4 Å². The van der Waals surface area contributed by atoms with E-state index in [4.69, 9.17) is 9.47 Å². The summed E-state index contributed by atoms with van der Waals surface area (Å²) in [6.07, 6.45) is -5.30. The van der Waals surface area contributed by atoms with Crippen molar-refractivity contribution in [1.29, 1.82) is 0 Å². The number of rotatable bonds is 4. The lowest BCUT2D eigenvalue weighted by atomic mass is 9.88. The van der Waals surface area contributed by atoms with Crippen LogP contribution in [-0.4, -0.2) is 56.4 Å². The summed E-state index contributed by atoms with van der Waals surface area (Å²) in [5.74, 6) is -1.81. The second-order valence-corrected chi connectivity index (χ2v) is 6.64. The molecular formula is C20H21NO6. The van der Waals surface area contributed by atoms with Gasteiger partial charge in [-0.05, 0) is 6.07 Å². The number of aromatic amines is 1. The molecule has 7 heteroatoms. The summed E-state index contributed by atoms with van der Waals surface area (Å²) >= 11 is 0. The van der Waals surface area contributed by atoms with Crippen LogP contribution in [0.15, 0.2) is 60.7 Å². The van der Waals surface area contributed by atoms with Gasteiger partial charge in [-0.1, -0.05) is 48.5 Å². The lowest BCUT2D eigenvalue weighted by molar-refractivity contribution is -0.354. The van der Waals surface area contributed by atoms with Crippen LogP contribution < -0.4 is 4.74 Å². The summed E-state index contributed by atoms with van der Waals surface area (Å²) in [5.41, 5.74) is 1.13. The Kier molecular flexibility index (Phi) is 4.63. The molecule has 0 unspecified atom stereocenters. The maximum absolute atomic E-state index is 11.0. The zero-order chi connectivity index (χ0) is 19.0. The average molecular weight is 371 g/mol. The van der Waals surface area contributed by atoms with Crippen LogP contribution in [0.5, 0.6) is 5.88 Å². The Balaban J connectivity index is 1.68. The van der Waals surface area contributed by atoms with Crippen molar-refractivity contribution in [2.75, 3.05) is 6.61 Å². The summed E-state index contributed by atoms with van der Waals surface area (Å²) < 4.78 is 11.3. The van der Waals surface area contributed by atoms with Crippen molar-refractivity contribution in [3.63, 3.8) is 0 Å². The predicted molar refractivity (Wildman–Crippen MR) is 97.0 cm³/mol. The van der Waals surface area contributed by atoms with Crippen LogP contribution in [0.25, 0.3) is 10.9 Å². The van der Waals surface area contributed by atoms with Gasteiger partial charge in [0.05, 0.1) is 6.61 Å². The van der Waals surface area contributed by atoms with Crippen LogP contribution in [-0.2, 0) is 10.5 Å². The molecule has 142 valence electrons. The Morgan fingerprint density at radius 2 is 1.74 bits per heavy atom. The van der Waals surface area contributed by atoms with Gasteiger partial charge in [0, 0.05) is 22.5 Å². The van der Waals surface area contributed by atoms with Gasteiger partial charge in [0.1, 0.15) is 12.2 Å². The molecule has 3 aromatic rings. The number of aliphatic hydroxyl groups excluding tert-OH is 3. The summed E-state index contributed by atoms with van der Waals surface area (Å²) in [6, 6.07) is 17.6. The third-order valence-electron chi connectivity index (χ3n) is 4.90. The maximum Gasteiger partial charge on any atom is 0.223 e. The standard InChI is InChI=1S/C20H21NO6/c22-11-15-17(23)18(26-16-10-12-6-4-5-9-14(12)21-16)19(24)20(25,27-15)13-7-2-1-3-8-13/h1-10,15,17-19,21-25H,11H2/t15-,17+,18+,19-,20-/m1/s1. The third-order valence-corrected chi connectivity index (χ3v) is 4.90. The van der Waals surface area contributed by atoms with E-state index in [0.717, 1.165) is 10.9 Å². The normalized spacial score (nSPS) is 31.1. The number of nitrogens with one attached hydrogen (secondary N) is 1. The lowest BCUT2D eigenvalue weighted by Gasteiger charge is -2.46. The second-order valence-electron chi connectivity index (χ2n) is 6.64. The van der Waals surface area contributed by atoms with Gasteiger partial charge in [0.15, 0.2) is 18.1 Å². The highest BCUT2D eigenvalue weighted by atomic mass is 16.7. The van der Waals surface area contributed by atoms with E-state index in [0.29, 0.717) is 11.4 Å². The van der Waals surface area contributed by atoms with Crippen molar-refractivity contribution in [1.82, 2.24) is 4.98 Å². The molecule has 0 amide bonds. The van der Waals surface area contributed by atoms with Crippen LogP contribution in [0.3, 0.4) is 0 Å². The van der Waals surface area contributed by atoms with Gasteiger partial charge in [0.2, 0.25) is 5.79 Å². The summed E-state index contributed by atoms with van der Waals surface area (Å²) in [6.45, 7) is -0.546. The Hall–Kier alpha value is -2.42. The van der Waals surface area contributed by atoms with Crippen molar-refractivity contribution < 1.29 is 29.9 Å². The molecule has 0 radical (unpaired) electrons. The maximum atomic E-state index is 11.0. The van der Waals surface area contributed by atoms with Gasteiger partial charge in [-0.15, -0.1) is 0 Å².